The van der Waals surface area contributed by atoms with Crippen LogP contribution in [0.15, 0.2) is 18.5 Å². The van der Waals surface area contributed by atoms with E-state index < -0.39 is 11.9 Å². The fourth-order valence-electron chi connectivity index (χ4n) is 3.64. The average Bonchev–Trinajstić information content (AvgIpc) is 3.13. The molecule has 0 bridgehead atoms. The number of aromatic amines is 1. The fraction of sp³-hybridized carbons (Fsp3) is 0.474. The Kier molecular flexibility index (Phi) is 4.30. The van der Waals surface area contributed by atoms with Crippen molar-refractivity contribution >= 4 is 11.8 Å². The van der Waals surface area contributed by atoms with E-state index in [-0.39, 0.29) is 17.8 Å². The molecule has 1 aliphatic heterocycles. The molecular formula is C19H22FN3O3. The largest absolute Gasteiger partial charge is 0.489 e. The average molecular weight is 359 g/mol. The zero-order valence-electron chi connectivity index (χ0n) is 14.9. The molecule has 1 aromatic heterocycles. The van der Waals surface area contributed by atoms with Crippen molar-refractivity contribution in [3.63, 3.8) is 0 Å². The van der Waals surface area contributed by atoms with Crippen LogP contribution in [0.25, 0.3) is 11.1 Å². The molecule has 1 aromatic carbocycles. The zero-order valence-corrected chi connectivity index (χ0v) is 14.9. The van der Waals surface area contributed by atoms with Gasteiger partial charge in [0.05, 0.1) is 25.1 Å². The second-order valence-electron chi connectivity index (χ2n) is 6.95. The monoisotopic (exact) mass is 359 g/mol. The van der Waals surface area contributed by atoms with Crippen LogP contribution in [-0.2, 0) is 11.2 Å². The molecule has 1 amide bonds. The Labute approximate surface area is 151 Å². The van der Waals surface area contributed by atoms with Gasteiger partial charge >= 0.3 is 6.09 Å². The number of rotatable bonds is 3. The predicted octanol–water partition coefficient (Wildman–Crippen LogP) is 4.05. The number of carbonyl (C=O) groups excluding carboxylic acids is 1. The highest BCUT2D eigenvalue weighted by Gasteiger charge is 2.36. The van der Waals surface area contributed by atoms with Crippen molar-refractivity contribution < 1.29 is 18.7 Å². The zero-order chi connectivity index (χ0) is 18.3. The summed E-state index contributed by atoms with van der Waals surface area (Å²) in [6.45, 7) is 1.90. The second kappa shape index (κ2) is 6.63. The molecule has 0 radical (unpaired) electrons. The van der Waals surface area contributed by atoms with Gasteiger partial charge in [0.15, 0.2) is 0 Å². The highest BCUT2D eigenvalue weighted by atomic mass is 19.1. The summed E-state index contributed by atoms with van der Waals surface area (Å²) in [5, 5.41) is 6.74. The number of hydrogen-bond donors (Lipinski definition) is 1. The number of halogens is 1. The first kappa shape index (κ1) is 16.9. The Morgan fingerprint density at radius 1 is 1.38 bits per heavy atom. The summed E-state index contributed by atoms with van der Waals surface area (Å²) in [7, 11) is 1.31. The summed E-state index contributed by atoms with van der Waals surface area (Å²) in [6.07, 6.45) is 7.45. The van der Waals surface area contributed by atoms with Crippen molar-refractivity contribution in [2.45, 2.75) is 51.2 Å². The first-order valence-electron chi connectivity index (χ1n) is 8.98. The van der Waals surface area contributed by atoms with Gasteiger partial charge in [-0.3, -0.25) is 10.00 Å². The molecule has 1 fully saturated rings. The van der Waals surface area contributed by atoms with Gasteiger partial charge < -0.3 is 9.47 Å². The van der Waals surface area contributed by atoms with Crippen molar-refractivity contribution in [3.05, 3.63) is 29.8 Å². The minimum Gasteiger partial charge on any atom is -0.489 e. The van der Waals surface area contributed by atoms with Crippen molar-refractivity contribution in [1.82, 2.24) is 10.2 Å². The van der Waals surface area contributed by atoms with E-state index in [1.165, 1.54) is 18.1 Å². The Hall–Kier alpha value is -2.57. The molecule has 1 saturated carbocycles. The smallest absolute Gasteiger partial charge is 0.414 e. The minimum atomic E-state index is -0.553. The van der Waals surface area contributed by atoms with Crippen LogP contribution in [0.5, 0.6) is 5.75 Å². The van der Waals surface area contributed by atoms with Gasteiger partial charge in [-0.2, -0.15) is 5.10 Å². The van der Waals surface area contributed by atoms with Crippen LogP contribution in [0.4, 0.5) is 14.9 Å². The van der Waals surface area contributed by atoms with E-state index in [1.54, 1.807) is 12.4 Å². The molecule has 2 aromatic rings. The lowest BCUT2D eigenvalue weighted by Gasteiger charge is -2.37. The molecule has 0 saturated heterocycles. The number of benzene rings is 1. The van der Waals surface area contributed by atoms with E-state index in [9.17, 15) is 4.79 Å². The number of H-pyrrole nitrogens is 1. The summed E-state index contributed by atoms with van der Waals surface area (Å²) in [4.78, 5) is 13.7. The third-order valence-corrected chi connectivity index (χ3v) is 5.31. The predicted molar refractivity (Wildman–Crippen MR) is 94.9 cm³/mol. The van der Waals surface area contributed by atoms with E-state index >= 15 is 4.39 Å². The number of methoxy groups -OCH3 is 1. The van der Waals surface area contributed by atoms with Crippen LogP contribution < -0.4 is 9.64 Å². The molecule has 138 valence electrons. The maximum Gasteiger partial charge on any atom is 0.414 e. The lowest BCUT2D eigenvalue weighted by Crippen LogP contribution is -2.43. The molecule has 0 unspecified atom stereocenters. The van der Waals surface area contributed by atoms with Crippen LogP contribution in [0.1, 0.15) is 38.2 Å². The fourth-order valence-corrected chi connectivity index (χ4v) is 3.64. The van der Waals surface area contributed by atoms with E-state index in [0.29, 0.717) is 17.7 Å². The van der Waals surface area contributed by atoms with Crippen molar-refractivity contribution in [2.24, 2.45) is 0 Å². The quantitative estimate of drug-likeness (QED) is 0.898. The first-order valence-corrected chi connectivity index (χ1v) is 8.98. The molecule has 4 rings (SSSR count). The number of hydrogen-bond acceptors (Lipinski definition) is 4. The SMILES string of the molecule is COC(=O)N1c2c(F)cc(-c3cn[nH]c3)c(OC3CCC3)c2CC[C@@H]1C. The number of aromatic nitrogens is 2. The van der Waals surface area contributed by atoms with Crippen molar-refractivity contribution in [1.29, 1.82) is 0 Å². The van der Waals surface area contributed by atoms with E-state index in [0.717, 1.165) is 36.8 Å². The number of carbonyl (C=O) groups is 1. The van der Waals surface area contributed by atoms with Crippen LogP contribution >= 0.6 is 0 Å². The summed E-state index contributed by atoms with van der Waals surface area (Å²) >= 11 is 0. The molecule has 1 N–H and O–H groups in total. The van der Waals surface area contributed by atoms with Gasteiger partial charge in [-0.1, -0.05) is 0 Å². The molecule has 2 heterocycles. The molecular weight excluding hydrogens is 337 g/mol. The van der Waals surface area contributed by atoms with Gasteiger partial charge in [0.1, 0.15) is 11.6 Å². The molecule has 7 heteroatoms. The Morgan fingerprint density at radius 2 is 2.19 bits per heavy atom. The molecule has 6 nitrogen and oxygen atoms in total. The first-order chi connectivity index (χ1) is 12.6. The van der Waals surface area contributed by atoms with Gasteiger partial charge in [-0.05, 0) is 45.1 Å². The molecule has 26 heavy (non-hydrogen) atoms. The highest BCUT2D eigenvalue weighted by molar-refractivity contribution is 5.92. The highest BCUT2D eigenvalue weighted by Crippen LogP contribution is 2.46. The number of nitrogens with one attached hydrogen (secondary N) is 1. The number of nitrogens with zero attached hydrogens (tertiary/aromatic N) is 2. The number of anilines is 1. The summed E-state index contributed by atoms with van der Waals surface area (Å²) in [6, 6.07) is 1.30. The molecule has 1 atom stereocenters. The Morgan fingerprint density at radius 3 is 2.81 bits per heavy atom. The summed E-state index contributed by atoms with van der Waals surface area (Å²) < 4.78 is 26.3. The lowest BCUT2D eigenvalue weighted by atomic mass is 9.91. The van der Waals surface area contributed by atoms with Crippen LogP contribution in [0.3, 0.4) is 0 Å². The normalized spacial score (nSPS) is 19.7. The van der Waals surface area contributed by atoms with Crippen molar-refractivity contribution in [2.75, 3.05) is 12.0 Å². The third kappa shape index (κ3) is 2.71. The van der Waals surface area contributed by atoms with Crippen LogP contribution in [-0.4, -0.2) is 35.5 Å². The maximum atomic E-state index is 15.1. The van der Waals surface area contributed by atoms with Gasteiger partial charge in [0.2, 0.25) is 0 Å². The van der Waals surface area contributed by atoms with E-state index in [1.807, 2.05) is 6.92 Å². The second-order valence-corrected chi connectivity index (χ2v) is 6.95. The van der Waals surface area contributed by atoms with Crippen LogP contribution in [0, 0.1) is 5.82 Å². The molecule has 1 aliphatic carbocycles. The van der Waals surface area contributed by atoms with Gasteiger partial charge in [0, 0.05) is 28.9 Å². The maximum absolute atomic E-state index is 15.1. The van der Waals surface area contributed by atoms with E-state index in [4.69, 9.17) is 9.47 Å². The van der Waals surface area contributed by atoms with E-state index in [2.05, 4.69) is 10.2 Å². The topological polar surface area (TPSA) is 67.5 Å². The van der Waals surface area contributed by atoms with Crippen LogP contribution in [0.2, 0.25) is 0 Å². The van der Waals surface area contributed by atoms with Gasteiger partial charge in [-0.15, -0.1) is 0 Å². The van der Waals surface area contributed by atoms with Gasteiger partial charge in [-0.25, -0.2) is 9.18 Å². The number of amides is 1. The standard InChI is InChI=1S/C19H22FN3O3/c1-11-6-7-14-17(23(11)19(24)25-2)16(20)8-15(12-9-21-22-10-12)18(14)26-13-4-3-5-13/h8-11,13H,3-7H2,1-2H3,(H,21,22)/t11-/m0/s1. The Bertz CT molecular complexity index is 818. The minimum absolute atomic E-state index is 0.138. The summed E-state index contributed by atoms with van der Waals surface area (Å²) in [5.41, 5.74) is 2.44. The van der Waals surface area contributed by atoms with Gasteiger partial charge in [0.25, 0.3) is 0 Å². The summed E-state index contributed by atoms with van der Waals surface area (Å²) in [5.74, 6) is 0.211. The molecule has 2 aliphatic rings. The third-order valence-electron chi connectivity index (χ3n) is 5.31. The lowest BCUT2D eigenvalue weighted by molar-refractivity contribution is 0.119. The molecule has 0 spiro atoms. The Balaban J connectivity index is 1.89. The number of ether oxygens (including phenoxy) is 2. The van der Waals surface area contributed by atoms with Crippen molar-refractivity contribution in [3.8, 4) is 16.9 Å². The number of fused-ring (bicyclic) bond motifs is 1.